The van der Waals surface area contributed by atoms with Gasteiger partial charge in [-0.1, -0.05) is 6.42 Å². The molecule has 0 unspecified atom stereocenters. The lowest BCUT2D eigenvalue weighted by atomic mass is 9.85. The number of ether oxygens (including phenoxy) is 1. The van der Waals surface area contributed by atoms with Crippen LogP contribution in [-0.2, 0) is 0 Å². The van der Waals surface area contributed by atoms with Gasteiger partial charge >= 0.3 is 0 Å². The van der Waals surface area contributed by atoms with Gasteiger partial charge in [-0.2, -0.15) is 0 Å². The first-order chi connectivity index (χ1) is 9.30. The lowest BCUT2D eigenvalue weighted by Gasteiger charge is -2.33. The van der Waals surface area contributed by atoms with Crippen LogP contribution in [0.4, 0.5) is 11.6 Å². The zero-order valence-corrected chi connectivity index (χ0v) is 12.1. The van der Waals surface area contributed by atoms with Crippen LogP contribution in [0.5, 0.6) is 5.75 Å². The van der Waals surface area contributed by atoms with Gasteiger partial charge in [0.15, 0.2) is 11.6 Å². The molecule has 0 spiro atoms. The number of methoxy groups -OCH3 is 1. The minimum absolute atomic E-state index is 0.755. The molecule has 5 heteroatoms. The molecule has 0 aromatic carbocycles. The fourth-order valence-electron chi connectivity index (χ4n) is 2.42. The van der Waals surface area contributed by atoms with Crippen molar-refractivity contribution in [1.29, 1.82) is 0 Å². The quantitative estimate of drug-likeness (QED) is 0.820. The highest BCUT2D eigenvalue weighted by molar-refractivity contribution is 5.64. The maximum absolute atomic E-state index is 5.52. The monoisotopic (exact) mass is 264 g/mol. The Kier molecular flexibility index (Phi) is 4.82. The highest BCUT2D eigenvalue weighted by atomic mass is 16.5. The van der Waals surface area contributed by atoms with E-state index in [2.05, 4.69) is 27.1 Å². The van der Waals surface area contributed by atoms with E-state index in [1.54, 1.807) is 13.4 Å². The van der Waals surface area contributed by atoms with Crippen molar-refractivity contribution in [2.24, 2.45) is 5.92 Å². The molecule has 1 aromatic rings. The Bertz CT molecular complexity index is 406. The van der Waals surface area contributed by atoms with E-state index in [0.29, 0.717) is 0 Å². The third-order valence-corrected chi connectivity index (χ3v) is 3.72. The highest BCUT2D eigenvalue weighted by Gasteiger charge is 2.23. The van der Waals surface area contributed by atoms with Crippen LogP contribution in [0.3, 0.4) is 0 Å². The van der Waals surface area contributed by atoms with Crippen molar-refractivity contribution < 1.29 is 4.74 Å². The molecule has 106 valence electrons. The van der Waals surface area contributed by atoms with Gasteiger partial charge in [0.1, 0.15) is 6.33 Å². The molecule has 1 heterocycles. The number of anilines is 2. The van der Waals surface area contributed by atoms with E-state index >= 15 is 0 Å². The summed E-state index contributed by atoms with van der Waals surface area (Å²) in [5.74, 6) is 3.25. The Hall–Kier alpha value is -1.52. The van der Waals surface area contributed by atoms with Gasteiger partial charge in [0.25, 0.3) is 0 Å². The molecule has 0 atom stereocenters. The zero-order valence-electron chi connectivity index (χ0n) is 12.1. The number of rotatable bonds is 7. The molecule has 1 N–H and O–H groups in total. The van der Waals surface area contributed by atoms with Crippen LogP contribution in [0.1, 0.15) is 33.1 Å². The molecule has 1 fully saturated rings. The fourth-order valence-corrected chi connectivity index (χ4v) is 2.42. The zero-order chi connectivity index (χ0) is 13.7. The molecule has 19 heavy (non-hydrogen) atoms. The summed E-state index contributed by atoms with van der Waals surface area (Å²) in [4.78, 5) is 11.0. The minimum Gasteiger partial charge on any atom is -0.490 e. The first-order valence-corrected chi connectivity index (χ1v) is 7.17. The maximum Gasteiger partial charge on any atom is 0.204 e. The van der Waals surface area contributed by atoms with E-state index in [1.165, 1.54) is 19.3 Å². The molecule has 0 aliphatic heterocycles. The molecular formula is C14H24N4O. The van der Waals surface area contributed by atoms with Crippen LogP contribution in [0.25, 0.3) is 0 Å². The number of hydrogen-bond donors (Lipinski definition) is 1. The summed E-state index contributed by atoms with van der Waals surface area (Å²) >= 11 is 0. The van der Waals surface area contributed by atoms with Gasteiger partial charge in [0.2, 0.25) is 5.75 Å². The van der Waals surface area contributed by atoms with Crippen molar-refractivity contribution in [3.8, 4) is 5.75 Å². The molecule has 1 aliphatic carbocycles. The van der Waals surface area contributed by atoms with Crippen molar-refractivity contribution in [2.45, 2.75) is 33.1 Å². The lowest BCUT2D eigenvalue weighted by Crippen LogP contribution is -2.33. The van der Waals surface area contributed by atoms with Crippen LogP contribution in [0.15, 0.2) is 6.33 Å². The molecule has 2 rings (SSSR count). The molecule has 0 saturated heterocycles. The summed E-state index contributed by atoms with van der Waals surface area (Å²) in [5.41, 5.74) is 0. The van der Waals surface area contributed by atoms with Crippen LogP contribution in [0, 0.1) is 5.92 Å². The van der Waals surface area contributed by atoms with Gasteiger partial charge in [-0.3, -0.25) is 0 Å². The predicted molar refractivity (Wildman–Crippen MR) is 78.0 cm³/mol. The van der Waals surface area contributed by atoms with Gasteiger partial charge < -0.3 is 15.0 Å². The van der Waals surface area contributed by atoms with Crippen LogP contribution in [-0.4, -0.2) is 36.7 Å². The number of nitrogens with one attached hydrogen (secondary N) is 1. The third-order valence-electron chi connectivity index (χ3n) is 3.72. The Morgan fingerprint density at radius 3 is 2.68 bits per heavy atom. The smallest absolute Gasteiger partial charge is 0.204 e. The van der Waals surface area contributed by atoms with Gasteiger partial charge in [-0.05, 0) is 32.6 Å². The standard InChI is InChI=1S/C14H24N4O/c1-4-15-13-12(19-3)14(17-10-16-13)18(5-2)9-11-7-6-8-11/h10-11H,4-9H2,1-3H3,(H,15,16,17). The first kappa shape index (κ1) is 13.9. The van der Waals surface area contributed by atoms with E-state index in [-0.39, 0.29) is 0 Å². The Labute approximate surface area is 115 Å². The van der Waals surface area contributed by atoms with Crippen molar-refractivity contribution in [3.63, 3.8) is 0 Å². The molecule has 0 radical (unpaired) electrons. The Morgan fingerprint density at radius 2 is 2.16 bits per heavy atom. The van der Waals surface area contributed by atoms with Gasteiger partial charge in [-0.15, -0.1) is 0 Å². The summed E-state index contributed by atoms with van der Waals surface area (Å²) in [7, 11) is 1.68. The first-order valence-electron chi connectivity index (χ1n) is 7.17. The van der Waals surface area contributed by atoms with Crippen molar-refractivity contribution >= 4 is 11.6 Å². The SMILES string of the molecule is CCNc1ncnc(N(CC)CC2CCC2)c1OC. The normalized spacial score (nSPS) is 14.9. The fraction of sp³-hybridized carbons (Fsp3) is 0.714. The topological polar surface area (TPSA) is 50.3 Å². The van der Waals surface area contributed by atoms with E-state index in [9.17, 15) is 0 Å². The second-order valence-electron chi connectivity index (χ2n) is 4.95. The average Bonchev–Trinajstić information content (AvgIpc) is 2.38. The van der Waals surface area contributed by atoms with E-state index in [0.717, 1.165) is 42.9 Å². The molecule has 1 saturated carbocycles. The minimum atomic E-state index is 0.755. The highest BCUT2D eigenvalue weighted by Crippen LogP contribution is 2.34. The van der Waals surface area contributed by atoms with E-state index in [4.69, 9.17) is 4.74 Å². The van der Waals surface area contributed by atoms with Crippen molar-refractivity contribution in [1.82, 2.24) is 9.97 Å². The van der Waals surface area contributed by atoms with Gasteiger partial charge in [0, 0.05) is 19.6 Å². The molecule has 1 aliphatic rings. The Balaban J connectivity index is 2.21. The summed E-state index contributed by atoms with van der Waals surface area (Å²) in [6, 6.07) is 0. The molecule has 0 amide bonds. The predicted octanol–water partition coefficient (Wildman–Crippen LogP) is 2.54. The second-order valence-corrected chi connectivity index (χ2v) is 4.95. The molecule has 0 bridgehead atoms. The Morgan fingerprint density at radius 1 is 1.37 bits per heavy atom. The average molecular weight is 264 g/mol. The molecular weight excluding hydrogens is 240 g/mol. The third kappa shape index (κ3) is 3.08. The van der Waals surface area contributed by atoms with Gasteiger partial charge in [-0.25, -0.2) is 9.97 Å². The van der Waals surface area contributed by atoms with Crippen LogP contribution < -0.4 is 15.0 Å². The summed E-state index contributed by atoms with van der Waals surface area (Å²) in [6.07, 6.45) is 5.65. The molecule has 5 nitrogen and oxygen atoms in total. The summed E-state index contributed by atoms with van der Waals surface area (Å²) < 4.78 is 5.52. The number of nitrogens with zero attached hydrogens (tertiary/aromatic N) is 3. The van der Waals surface area contributed by atoms with Crippen molar-refractivity contribution in [3.05, 3.63) is 6.33 Å². The largest absolute Gasteiger partial charge is 0.490 e. The van der Waals surface area contributed by atoms with Crippen LogP contribution in [0.2, 0.25) is 0 Å². The van der Waals surface area contributed by atoms with Crippen LogP contribution >= 0.6 is 0 Å². The van der Waals surface area contributed by atoms with Gasteiger partial charge in [0.05, 0.1) is 7.11 Å². The van der Waals surface area contributed by atoms with E-state index < -0.39 is 0 Å². The number of aromatic nitrogens is 2. The molecule has 1 aromatic heterocycles. The van der Waals surface area contributed by atoms with Crippen molar-refractivity contribution in [2.75, 3.05) is 37.0 Å². The van der Waals surface area contributed by atoms with E-state index in [1.807, 2.05) is 6.92 Å². The second kappa shape index (κ2) is 6.59. The lowest BCUT2D eigenvalue weighted by molar-refractivity contribution is 0.316. The number of hydrogen-bond acceptors (Lipinski definition) is 5. The summed E-state index contributed by atoms with van der Waals surface area (Å²) in [6.45, 7) is 7.03. The maximum atomic E-state index is 5.52. The summed E-state index contributed by atoms with van der Waals surface area (Å²) in [5, 5.41) is 3.22.